The molecule has 0 unspecified atom stereocenters. The minimum absolute atomic E-state index is 0.0869. The maximum absolute atomic E-state index is 11.2. The molecule has 0 heterocycles. The number of carbonyl (C=O) groups is 1. The highest BCUT2D eigenvalue weighted by molar-refractivity contribution is 9.10. The first-order valence-electron chi connectivity index (χ1n) is 5.87. The van der Waals surface area contributed by atoms with E-state index in [1.54, 1.807) is 0 Å². The summed E-state index contributed by atoms with van der Waals surface area (Å²) < 4.78 is 6.30. The van der Waals surface area contributed by atoms with Gasteiger partial charge in [-0.15, -0.1) is 0 Å². The Hall–Kier alpha value is -2.41. The first-order valence-corrected chi connectivity index (χ1v) is 6.66. The summed E-state index contributed by atoms with van der Waals surface area (Å²) in [6, 6.07) is 10.8. The van der Waals surface area contributed by atoms with Crippen molar-refractivity contribution in [2.75, 3.05) is 0 Å². The second-order valence-electron chi connectivity index (χ2n) is 4.12. The number of carboxylic acids is 1. The van der Waals surface area contributed by atoms with E-state index in [-0.39, 0.29) is 23.6 Å². The van der Waals surface area contributed by atoms with Gasteiger partial charge < -0.3 is 9.84 Å². The summed E-state index contributed by atoms with van der Waals surface area (Å²) in [5, 5.41) is 19.8. The molecule has 108 valence electrons. The number of aromatic carboxylic acids is 1. The number of nitro groups is 1. The molecule has 7 heteroatoms. The molecule has 2 rings (SSSR count). The number of halogens is 1. The van der Waals surface area contributed by atoms with Crippen LogP contribution in [-0.2, 0) is 6.61 Å². The second-order valence-corrected chi connectivity index (χ2v) is 4.98. The highest BCUT2D eigenvalue weighted by Crippen LogP contribution is 2.26. The standard InChI is InChI=1S/C14H10BrNO5/c15-12-4-2-1-3-9(12)8-21-13-6-5-10(16(19)20)7-11(13)14(17)18/h1-7H,8H2,(H,17,18). The molecule has 0 fully saturated rings. The Bertz CT molecular complexity index is 702. The van der Waals surface area contributed by atoms with Gasteiger partial charge in [0.2, 0.25) is 0 Å². The van der Waals surface area contributed by atoms with Crippen LogP contribution in [0.4, 0.5) is 5.69 Å². The number of hydrogen-bond acceptors (Lipinski definition) is 4. The summed E-state index contributed by atoms with van der Waals surface area (Å²) in [4.78, 5) is 21.2. The quantitative estimate of drug-likeness (QED) is 0.656. The van der Waals surface area contributed by atoms with Crippen molar-refractivity contribution in [1.82, 2.24) is 0 Å². The van der Waals surface area contributed by atoms with Gasteiger partial charge in [0.15, 0.2) is 0 Å². The van der Waals surface area contributed by atoms with E-state index >= 15 is 0 Å². The van der Waals surface area contributed by atoms with E-state index in [9.17, 15) is 14.9 Å². The second kappa shape index (κ2) is 6.36. The summed E-state index contributed by atoms with van der Waals surface area (Å²) in [6.45, 7) is 0.152. The van der Waals surface area contributed by atoms with Gasteiger partial charge in [0.1, 0.15) is 17.9 Å². The van der Waals surface area contributed by atoms with Crippen LogP contribution in [0.5, 0.6) is 5.75 Å². The fourth-order valence-electron chi connectivity index (χ4n) is 1.70. The largest absolute Gasteiger partial charge is 0.488 e. The van der Waals surface area contributed by atoms with Gasteiger partial charge in [0.05, 0.1) is 4.92 Å². The molecule has 6 nitrogen and oxygen atoms in total. The lowest BCUT2D eigenvalue weighted by Crippen LogP contribution is -2.04. The first-order chi connectivity index (χ1) is 9.99. The molecule has 0 amide bonds. The predicted molar refractivity (Wildman–Crippen MR) is 78.5 cm³/mol. The number of nitro benzene ring substituents is 1. The molecule has 0 saturated heterocycles. The number of rotatable bonds is 5. The van der Waals surface area contributed by atoms with E-state index in [0.717, 1.165) is 16.1 Å². The van der Waals surface area contributed by atoms with E-state index in [1.807, 2.05) is 24.3 Å². The SMILES string of the molecule is O=C(O)c1cc([N+](=O)[O-])ccc1OCc1ccccc1Br. The number of benzene rings is 2. The fourth-order valence-corrected chi connectivity index (χ4v) is 2.09. The molecular formula is C14H10BrNO5. The summed E-state index contributed by atoms with van der Waals surface area (Å²) in [5.74, 6) is -1.19. The molecule has 21 heavy (non-hydrogen) atoms. The van der Waals surface area contributed by atoms with E-state index in [4.69, 9.17) is 9.84 Å². The Morgan fingerprint density at radius 3 is 2.62 bits per heavy atom. The van der Waals surface area contributed by atoms with Crippen LogP contribution in [0.3, 0.4) is 0 Å². The molecule has 0 aliphatic heterocycles. The van der Waals surface area contributed by atoms with Gasteiger partial charge >= 0.3 is 5.97 Å². The number of non-ortho nitro benzene ring substituents is 1. The van der Waals surface area contributed by atoms with Crippen LogP contribution in [0.15, 0.2) is 46.9 Å². The van der Waals surface area contributed by atoms with Crippen molar-refractivity contribution < 1.29 is 19.6 Å². The van der Waals surface area contributed by atoms with Crippen LogP contribution in [0, 0.1) is 10.1 Å². The zero-order chi connectivity index (χ0) is 15.4. The Labute approximate surface area is 128 Å². The van der Waals surface area contributed by atoms with Crippen LogP contribution < -0.4 is 4.74 Å². The summed E-state index contributed by atoms with van der Waals surface area (Å²) in [7, 11) is 0. The van der Waals surface area contributed by atoms with Crippen molar-refractivity contribution in [3.05, 3.63) is 68.2 Å². The summed E-state index contributed by atoms with van der Waals surface area (Å²) in [5.41, 5.74) is 0.309. The normalized spacial score (nSPS) is 10.1. The van der Waals surface area contributed by atoms with Gasteiger partial charge in [-0.05, 0) is 12.1 Å². The molecule has 2 aromatic carbocycles. The molecule has 0 spiro atoms. The van der Waals surface area contributed by atoms with Crippen LogP contribution in [0.25, 0.3) is 0 Å². The number of nitrogens with zero attached hydrogens (tertiary/aromatic N) is 1. The highest BCUT2D eigenvalue weighted by atomic mass is 79.9. The van der Waals surface area contributed by atoms with Gasteiger partial charge in [0, 0.05) is 22.2 Å². The summed E-state index contributed by atoms with van der Waals surface area (Å²) >= 11 is 3.36. The number of ether oxygens (including phenoxy) is 1. The van der Waals surface area contributed by atoms with E-state index < -0.39 is 10.9 Å². The lowest BCUT2D eigenvalue weighted by atomic mass is 10.1. The molecule has 0 radical (unpaired) electrons. The van der Waals surface area contributed by atoms with Gasteiger partial charge in [0.25, 0.3) is 5.69 Å². The van der Waals surface area contributed by atoms with E-state index in [2.05, 4.69) is 15.9 Å². The van der Waals surface area contributed by atoms with Crippen LogP contribution in [-0.4, -0.2) is 16.0 Å². The van der Waals surface area contributed by atoms with Crippen LogP contribution in [0.2, 0.25) is 0 Å². The average Bonchev–Trinajstić information content (AvgIpc) is 2.46. The molecule has 0 aliphatic carbocycles. The van der Waals surface area contributed by atoms with Crippen LogP contribution >= 0.6 is 15.9 Å². The third-order valence-corrected chi connectivity index (χ3v) is 3.52. The van der Waals surface area contributed by atoms with Crippen molar-refractivity contribution in [3.63, 3.8) is 0 Å². The van der Waals surface area contributed by atoms with E-state index in [0.29, 0.717) is 0 Å². The summed E-state index contributed by atoms with van der Waals surface area (Å²) in [6.07, 6.45) is 0. The third-order valence-electron chi connectivity index (χ3n) is 2.75. The third kappa shape index (κ3) is 3.57. The number of hydrogen-bond donors (Lipinski definition) is 1. The molecule has 0 bridgehead atoms. The number of carboxylic acid groups (broad SMARTS) is 1. The molecular weight excluding hydrogens is 342 g/mol. The monoisotopic (exact) mass is 351 g/mol. The van der Waals surface area contributed by atoms with Crippen molar-refractivity contribution in [3.8, 4) is 5.75 Å². The topological polar surface area (TPSA) is 89.7 Å². The average molecular weight is 352 g/mol. The smallest absolute Gasteiger partial charge is 0.339 e. The molecule has 0 atom stereocenters. The van der Waals surface area contributed by atoms with Crippen molar-refractivity contribution in [2.45, 2.75) is 6.61 Å². The Morgan fingerprint density at radius 1 is 1.29 bits per heavy atom. The zero-order valence-corrected chi connectivity index (χ0v) is 12.2. The Morgan fingerprint density at radius 2 is 2.00 bits per heavy atom. The van der Waals surface area contributed by atoms with Gasteiger partial charge in [-0.1, -0.05) is 34.1 Å². The molecule has 0 aromatic heterocycles. The minimum Gasteiger partial charge on any atom is -0.488 e. The minimum atomic E-state index is -1.28. The predicted octanol–water partition coefficient (Wildman–Crippen LogP) is 3.63. The Kier molecular flexibility index (Phi) is 4.54. The highest BCUT2D eigenvalue weighted by Gasteiger charge is 2.17. The van der Waals surface area contributed by atoms with Gasteiger partial charge in [-0.2, -0.15) is 0 Å². The Balaban J connectivity index is 2.26. The van der Waals surface area contributed by atoms with Crippen LogP contribution in [0.1, 0.15) is 15.9 Å². The maximum Gasteiger partial charge on any atom is 0.339 e. The zero-order valence-electron chi connectivity index (χ0n) is 10.7. The van der Waals surface area contributed by atoms with Crippen molar-refractivity contribution in [1.29, 1.82) is 0 Å². The molecule has 1 N–H and O–H groups in total. The van der Waals surface area contributed by atoms with Crippen molar-refractivity contribution in [2.24, 2.45) is 0 Å². The lowest BCUT2D eigenvalue weighted by Gasteiger charge is -2.10. The molecule has 2 aromatic rings. The van der Waals surface area contributed by atoms with Gasteiger partial charge in [-0.25, -0.2) is 4.79 Å². The molecule has 0 saturated carbocycles. The van der Waals surface area contributed by atoms with Gasteiger partial charge in [-0.3, -0.25) is 10.1 Å². The lowest BCUT2D eigenvalue weighted by molar-refractivity contribution is -0.384. The fraction of sp³-hybridized carbons (Fsp3) is 0.0714. The molecule has 0 aliphatic rings. The van der Waals surface area contributed by atoms with Crippen molar-refractivity contribution >= 4 is 27.6 Å². The van der Waals surface area contributed by atoms with E-state index in [1.165, 1.54) is 12.1 Å². The maximum atomic E-state index is 11.2. The first kappa shape index (κ1) is 15.0.